The van der Waals surface area contributed by atoms with Gasteiger partial charge in [-0.1, -0.05) is 65.3 Å². The lowest BCUT2D eigenvalue weighted by Crippen LogP contribution is -2.16. The smallest absolute Gasteiger partial charge is 0.225 e. The van der Waals surface area contributed by atoms with Crippen LogP contribution in [0.4, 0.5) is 11.8 Å². The number of halogens is 1. The molecule has 0 saturated carbocycles. The van der Waals surface area contributed by atoms with Gasteiger partial charge in [0, 0.05) is 28.7 Å². The number of anilines is 2. The summed E-state index contributed by atoms with van der Waals surface area (Å²) in [7, 11) is 0. The van der Waals surface area contributed by atoms with Gasteiger partial charge in [-0.2, -0.15) is 4.98 Å². The molecule has 1 atom stereocenters. The van der Waals surface area contributed by atoms with Gasteiger partial charge in [0.2, 0.25) is 5.95 Å². The van der Waals surface area contributed by atoms with Crippen LogP contribution in [0, 0.1) is 0 Å². The third-order valence-corrected chi connectivity index (χ3v) is 4.70. The van der Waals surface area contributed by atoms with Crippen LogP contribution in [-0.4, -0.2) is 16.0 Å². The first-order valence-electron chi connectivity index (χ1n) is 8.83. The van der Waals surface area contributed by atoms with E-state index in [1.54, 1.807) is 0 Å². The maximum atomic E-state index is 4.69. The molecule has 0 aliphatic heterocycles. The molecule has 0 aliphatic rings. The van der Waals surface area contributed by atoms with Gasteiger partial charge in [0.1, 0.15) is 5.82 Å². The lowest BCUT2D eigenvalue weighted by molar-refractivity contribution is 0.753. The fourth-order valence-corrected chi connectivity index (χ4v) is 2.74. The van der Waals surface area contributed by atoms with Gasteiger partial charge >= 0.3 is 0 Å². The molecule has 1 heterocycles. The summed E-state index contributed by atoms with van der Waals surface area (Å²) in [6, 6.07) is 20.8. The fourth-order valence-electron chi connectivity index (χ4n) is 2.48. The highest BCUT2D eigenvalue weighted by Crippen LogP contribution is 2.22. The summed E-state index contributed by atoms with van der Waals surface area (Å²) in [4.78, 5) is 9.33. The standard InChI is InChI=1S/C21H23BrN4/c1-3-15(2)24-21-25-19(17-7-5-4-6-8-17)13-20(26-21)23-14-16-9-11-18(22)12-10-16/h4-13,15H,3,14H2,1-2H3,(H2,23,24,25,26)/t15-/m0/s1. The number of hydrogen-bond acceptors (Lipinski definition) is 4. The molecule has 1 aromatic heterocycles. The van der Waals surface area contributed by atoms with Gasteiger partial charge in [0.25, 0.3) is 0 Å². The van der Waals surface area contributed by atoms with E-state index < -0.39 is 0 Å². The van der Waals surface area contributed by atoms with Gasteiger partial charge in [-0.3, -0.25) is 0 Å². The lowest BCUT2D eigenvalue weighted by Gasteiger charge is -2.14. The molecule has 26 heavy (non-hydrogen) atoms. The average molecular weight is 411 g/mol. The molecule has 2 aromatic carbocycles. The van der Waals surface area contributed by atoms with E-state index in [-0.39, 0.29) is 0 Å². The Balaban J connectivity index is 1.85. The predicted molar refractivity (Wildman–Crippen MR) is 112 cm³/mol. The minimum absolute atomic E-state index is 0.320. The molecule has 0 unspecified atom stereocenters. The average Bonchev–Trinajstić information content (AvgIpc) is 2.68. The van der Waals surface area contributed by atoms with Gasteiger partial charge in [0.15, 0.2) is 0 Å². The monoisotopic (exact) mass is 410 g/mol. The van der Waals surface area contributed by atoms with Crippen molar-refractivity contribution in [3.8, 4) is 11.3 Å². The molecule has 134 valence electrons. The van der Waals surface area contributed by atoms with E-state index >= 15 is 0 Å². The van der Waals surface area contributed by atoms with Crippen molar-refractivity contribution in [3.63, 3.8) is 0 Å². The van der Waals surface area contributed by atoms with Crippen LogP contribution in [0.3, 0.4) is 0 Å². The highest BCUT2D eigenvalue weighted by atomic mass is 79.9. The molecule has 4 nitrogen and oxygen atoms in total. The summed E-state index contributed by atoms with van der Waals surface area (Å²) in [6.45, 7) is 4.99. The third-order valence-electron chi connectivity index (χ3n) is 4.17. The van der Waals surface area contributed by atoms with Crippen LogP contribution in [0.2, 0.25) is 0 Å². The Bertz CT molecular complexity index is 834. The minimum Gasteiger partial charge on any atom is -0.366 e. The summed E-state index contributed by atoms with van der Waals surface area (Å²) in [6.07, 6.45) is 1.01. The molecule has 0 radical (unpaired) electrons. The largest absolute Gasteiger partial charge is 0.366 e. The molecular formula is C21H23BrN4. The van der Waals surface area contributed by atoms with Crippen molar-refractivity contribution in [3.05, 3.63) is 70.7 Å². The Morgan fingerprint density at radius 3 is 2.42 bits per heavy atom. The van der Waals surface area contributed by atoms with Crippen molar-refractivity contribution < 1.29 is 0 Å². The minimum atomic E-state index is 0.320. The zero-order valence-electron chi connectivity index (χ0n) is 15.0. The van der Waals surface area contributed by atoms with Crippen molar-refractivity contribution in [2.75, 3.05) is 10.6 Å². The van der Waals surface area contributed by atoms with Crippen molar-refractivity contribution in [2.45, 2.75) is 32.9 Å². The number of nitrogens with one attached hydrogen (secondary N) is 2. The normalized spacial score (nSPS) is 11.8. The van der Waals surface area contributed by atoms with Crippen LogP contribution in [0.15, 0.2) is 65.1 Å². The Morgan fingerprint density at radius 1 is 1.00 bits per heavy atom. The highest BCUT2D eigenvalue weighted by molar-refractivity contribution is 9.10. The summed E-state index contributed by atoms with van der Waals surface area (Å²) < 4.78 is 1.08. The van der Waals surface area contributed by atoms with E-state index in [0.29, 0.717) is 18.5 Å². The van der Waals surface area contributed by atoms with Crippen LogP contribution in [0.5, 0.6) is 0 Å². The molecule has 0 bridgehead atoms. The molecular weight excluding hydrogens is 388 g/mol. The van der Waals surface area contributed by atoms with Gasteiger partial charge in [0.05, 0.1) is 5.69 Å². The van der Waals surface area contributed by atoms with E-state index in [0.717, 1.165) is 28.0 Å². The lowest BCUT2D eigenvalue weighted by atomic mass is 10.1. The SMILES string of the molecule is CC[C@H](C)Nc1nc(NCc2ccc(Br)cc2)cc(-c2ccccc2)n1. The van der Waals surface area contributed by atoms with Crippen LogP contribution in [0.25, 0.3) is 11.3 Å². The molecule has 3 rings (SSSR count). The summed E-state index contributed by atoms with van der Waals surface area (Å²) in [5.74, 6) is 1.46. The molecule has 3 aromatic rings. The molecule has 0 aliphatic carbocycles. The number of aromatic nitrogens is 2. The molecule has 0 spiro atoms. The summed E-state index contributed by atoms with van der Waals surface area (Å²) in [5, 5.41) is 6.80. The third kappa shape index (κ3) is 5.05. The molecule has 5 heteroatoms. The maximum Gasteiger partial charge on any atom is 0.225 e. The second kappa shape index (κ2) is 8.81. The first-order valence-corrected chi connectivity index (χ1v) is 9.62. The molecule has 0 amide bonds. The predicted octanol–water partition coefficient (Wildman–Crippen LogP) is 5.73. The Kier molecular flexibility index (Phi) is 6.23. The quantitative estimate of drug-likeness (QED) is 0.522. The van der Waals surface area contributed by atoms with E-state index in [2.05, 4.69) is 74.6 Å². The maximum absolute atomic E-state index is 4.69. The van der Waals surface area contributed by atoms with Crippen molar-refractivity contribution in [2.24, 2.45) is 0 Å². The van der Waals surface area contributed by atoms with E-state index in [9.17, 15) is 0 Å². The van der Waals surface area contributed by atoms with Crippen LogP contribution in [-0.2, 0) is 6.54 Å². The van der Waals surface area contributed by atoms with Crippen molar-refractivity contribution in [1.29, 1.82) is 0 Å². The topological polar surface area (TPSA) is 49.8 Å². The van der Waals surface area contributed by atoms with E-state index in [1.807, 2.05) is 36.4 Å². The van der Waals surface area contributed by atoms with Crippen LogP contribution >= 0.6 is 15.9 Å². The number of rotatable bonds is 7. The van der Waals surface area contributed by atoms with E-state index in [1.165, 1.54) is 5.56 Å². The van der Waals surface area contributed by atoms with Gasteiger partial charge in [-0.25, -0.2) is 4.98 Å². The zero-order chi connectivity index (χ0) is 18.4. The number of benzene rings is 2. The highest BCUT2D eigenvalue weighted by Gasteiger charge is 2.08. The molecule has 0 saturated heterocycles. The first-order chi connectivity index (χ1) is 12.6. The Morgan fingerprint density at radius 2 is 1.73 bits per heavy atom. The van der Waals surface area contributed by atoms with E-state index in [4.69, 9.17) is 0 Å². The molecule has 0 fully saturated rings. The zero-order valence-corrected chi connectivity index (χ0v) is 16.6. The summed E-state index contributed by atoms with van der Waals surface area (Å²) in [5.41, 5.74) is 3.18. The van der Waals surface area contributed by atoms with Gasteiger partial charge in [-0.05, 0) is 31.0 Å². The van der Waals surface area contributed by atoms with Crippen LogP contribution in [0.1, 0.15) is 25.8 Å². The Labute approximate surface area is 163 Å². The van der Waals surface area contributed by atoms with Crippen molar-refractivity contribution >= 4 is 27.7 Å². The Hall–Kier alpha value is -2.40. The number of hydrogen-bond donors (Lipinski definition) is 2. The number of nitrogens with zero attached hydrogens (tertiary/aromatic N) is 2. The van der Waals surface area contributed by atoms with Gasteiger partial charge < -0.3 is 10.6 Å². The summed E-state index contributed by atoms with van der Waals surface area (Å²) >= 11 is 3.47. The first kappa shape index (κ1) is 18.4. The van der Waals surface area contributed by atoms with Crippen LogP contribution < -0.4 is 10.6 Å². The molecule has 2 N–H and O–H groups in total. The van der Waals surface area contributed by atoms with Gasteiger partial charge in [-0.15, -0.1) is 0 Å². The second-order valence-electron chi connectivity index (χ2n) is 6.26. The second-order valence-corrected chi connectivity index (χ2v) is 7.18. The van der Waals surface area contributed by atoms with Crippen molar-refractivity contribution in [1.82, 2.24) is 9.97 Å². The fraction of sp³-hybridized carbons (Fsp3) is 0.238.